The highest BCUT2D eigenvalue weighted by Crippen LogP contribution is 2.20. The third-order valence-corrected chi connectivity index (χ3v) is 4.58. The van der Waals surface area contributed by atoms with Gasteiger partial charge >= 0.3 is 6.03 Å². The molecular formula is C21H16ClN3O2. The molecule has 2 aromatic carbocycles. The van der Waals surface area contributed by atoms with Gasteiger partial charge in [0.2, 0.25) is 0 Å². The standard InChI is InChI=1S/C21H16ClN3O2/c22-16-10-8-15(9-11-16)14-25-20(26)19(23-21(25)27)13-18-7-4-12-24(18)17-5-2-1-3-6-17/h1-13H,14H2,(H,23,27)/b19-13-. The number of urea groups is 1. The van der Waals surface area contributed by atoms with Crippen molar-refractivity contribution in [1.29, 1.82) is 0 Å². The smallest absolute Gasteiger partial charge is 0.317 e. The fraction of sp³-hybridized carbons (Fsp3) is 0.0476. The van der Waals surface area contributed by atoms with Crippen molar-refractivity contribution >= 4 is 29.6 Å². The van der Waals surface area contributed by atoms with Crippen LogP contribution in [0, 0.1) is 0 Å². The zero-order valence-electron chi connectivity index (χ0n) is 14.3. The summed E-state index contributed by atoms with van der Waals surface area (Å²) in [6.45, 7) is 0.193. The number of halogens is 1. The van der Waals surface area contributed by atoms with Crippen molar-refractivity contribution in [2.45, 2.75) is 6.54 Å². The van der Waals surface area contributed by atoms with Crippen LogP contribution in [0.2, 0.25) is 5.02 Å². The van der Waals surface area contributed by atoms with Gasteiger partial charge in [-0.3, -0.25) is 9.69 Å². The van der Waals surface area contributed by atoms with Crippen LogP contribution >= 0.6 is 11.6 Å². The Balaban J connectivity index is 1.59. The van der Waals surface area contributed by atoms with Gasteiger partial charge in [-0.25, -0.2) is 4.79 Å². The van der Waals surface area contributed by atoms with Gasteiger partial charge in [-0.2, -0.15) is 0 Å². The highest BCUT2D eigenvalue weighted by atomic mass is 35.5. The number of carbonyl (C=O) groups is 2. The summed E-state index contributed by atoms with van der Waals surface area (Å²) in [4.78, 5) is 26.2. The number of nitrogens with zero attached hydrogens (tertiary/aromatic N) is 2. The lowest BCUT2D eigenvalue weighted by molar-refractivity contribution is -0.123. The minimum absolute atomic E-state index is 0.193. The molecule has 0 spiro atoms. The summed E-state index contributed by atoms with van der Waals surface area (Å²) in [6.07, 6.45) is 3.60. The maximum atomic E-state index is 12.7. The zero-order valence-corrected chi connectivity index (χ0v) is 15.1. The van der Waals surface area contributed by atoms with Crippen LogP contribution in [0.3, 0.4) is 0 Å². The average molecular weight is 378 g/mol. The first kappa shape index (κ1) is 17.1. The van der Waals surface area contributed by atoms with Gasteiger partial charge in [0.25, 0.3) is 5.91 Å². The van der Waals surface area contributed by atoms with Crippen molar-refractivity contribution in [2.75, 3.05) is 0 Å². The first-order valence-electron chi connectivity index (χ1n) is 8.43. The Bertz CT molecular complexity index is 1020. The van der Waals surface area contributed by atoms with E-state index < -0.39 is 6.03 Å². The Kier molecular flexibility index (Phi) is 4.52. The van der Waals surface area contributed by atoms with Crippen molar-refractivity contribution in [3.63, 3.8) is 0 Å². The van der Waals surface area contributed by atoms with Crippen LogP contribution < -0.4 is 5.32 Å². The maximum absolute atomic E-state index is 12.7. The molecule has 27 heavy (non-hydrogen) atoms. The van der Waals surface area contributed by atoms with Crippen LogP contribution in [0.1, 0.15) is 11.3 Å². The van der Waals surface area contributed by atoms with Gasteiger partial charge in [0.15, 0.2) is 0 Å². The van der Waals surface area contributed by atoms with Crippen molar-refractivity contribution in [3.05, 3.63) is 94.9 Å². The molecule has 5 nitrogen and oxygen atoms in total. The summed E-state index contributed by atoms with van der Waals surface area (Å²) in [5, 5.41) is 3.27. The van der Waals surface area contributed by atoms with Crippen molar-refractivity contribution in [1.82, 2.24) is 14.8 Å². The van der Waals surface area contributed by atoms with E-state index in [0.29, 0.717) is 5.02 Å². The normalized spacial score (nSPS) is 15.4. The highest BCUT2D eigenvalue weighted by molar-refractivity contribution is 6.30. The Morgan fingerprint density at radius 2 is 1.67 bits per heavy atom. The fourth-order valence-electron chi connectivity index (χ4n) is 2.97. The molecule has 134 valence electrons. The van der Waals surface area contributed by atoms with E-state index >= 15 is 0 Å². The van der Waals surface area contributed by atoms with E-state index in [-0.39, 0.29) is 18.1 Å². The lowest BCUT2D eigenvalue weighted by Crippen LogP contribution is -2.30. The molecule has 6 heteroatoms. The Morgan fingerprint density at radius 3 is 2.41 bits per heavy atom. The molecule has 0 bridgehead atoms. The number of imide groups is 1. The number of para-hydroxylation sites is 1. The zero-order chi connectivity index (χ0) is 18.8. The van der Waals surface area contributed by atoms with Crippen molar-refractivity contribution in [2.24, 2.45) is 0 Å². The van der Waals surface area contributed by atoms with Gasteiger partial charge in [-0.15, -0.1) is 0 Å². The molecule has 1 aliphatic heterocycles. The molecule has 0 aliphatic carbocycles. The van der Waals surface area contributed by atoms with Gasteiger partial charge in [0.1, 0.15) is 5.70 Å². The summed E-state index contributed by atoms with van der Waals surface area (Å²) < 4.78 is 1.95. The fourth-order valence-corrected chi connectivity index (χ4v) is 3.10. The van der Waals surface area contributed by atoms with Gasteiger partial charge in [-0.05, 0) is 48.0 Å². The number of benzene rings is 2. The van der Waals surface area contributed by atoms with E-state index in [1.54, 1.807) is 30.3 Å². The van der Waals surface area contributed by atoms with E-state index in [0.717, 1.165) is 16.9 Å². The van der Waals surface area contributed by atoms with E-state index in [1.165, 1.54) is 4.90 Å². The average Bonchev–Trinajstić information content (AvgIpc) is 3.24. The van der Waals surface area contributed by atoms with E-state index in [1.807, 2.05) is 53.2 Å². The van der Waals surface area contributed by atoms with Crippen LogP contribution in [-0.2, 0) is 11.3 Å². The number of aromatic nitrogens is 1. The molecule has 1 saturated heterocycles. The molecule has 0 radical (unpaired) electrons. The molecule has 3 amide bonds. The summed E-state index contributed by atoms with van der Waals surface area (Å²) in [5.74, 6) is -0.351. The third kappa shape index (κ3) is 3.50. The Hall–Kier alpha value is -3.31. The number of nitrogens with one attached hydrogen (secondary N) is 1. The SMILES string of the molecule is O=C1N/C(=C\c2cccn2-c2ccccc2)C(=O)N1Cc1ccc(Cl)cc1. The topological polar surface area (TPSA) is 54.3 Å². The number of hydrogen-bond donors (Lipinski definition) is 1. The van der Waals surface area contributed by atoms with Crippen LogP contribution in [0.15, 0.2) is 78.6 Å². The maximum Gasteiger partial charge on any atom is 0.329 e. The second-order valence-electron chi connectivity index (χ2n) is 6.14. The Labute approximate surface area is 161 Å². The van der Waals surface area contributed by atoms with Crippen molar-refractivity contribution in [3.8, 4) is 5.69 Å². The number of carbonyl (C=O) groups excluding carboxylic acids is 2. The van der Waals surface area contributed by atoms with E-state index in [2.05, 4.69) is 5.32 Å². The minimum atomic E-state index is -0.431. The summed E-state index contributed by atoms with van der Waals surface area (Å²) in [5.41, 5.74) is 2.86. The van der Waals surface area contributed by atoms with Gasteiger partial charge in [0.05, 0.1) is 6.54 Å². The highest BCUT2D eigenvalue weighted by Gasteiger charge is 2.33. The molecular weight excluding hydrogens is 362 g/mol. The van der Waals surface area contributed by atoms with E-state index in [9.17, 15) is 9.59 Å². The molecule has 1 aromatic heterocycles. The quantitative estimate of drug-likeness (QED) is 0.546. The molecule has 4 rings (SSSR count). The van der Waals surface area contributed by atoms with Crippen molar-refractivity contribution < 1.29 is 9.59 Å². The minimum Gasteiger partial charge on any atom is -0.317 e. The second-order valence-corrected chi connectivity index (χ2v) is 6.58. The summed E-state index contributed by atoms with van der Waals surface area (Å²) in [7, 11) is 0. The van der Waals surface area contributed by atoms with Gasteiger partial charge in [-0.1, -0.05) is 41.9 Å². The molecule has 1 fully saturated rings. The molecule has 0 unspecified atom stereocenters. The first-order chi connectivity index (χ1) is 13.1. The van der Waals surface area contributed by atoms with Crippen LogP contribution in [-0.4, -0.2) is 21.4 Å². The van der Waals surface area contributed by atoms with E-state index in [4.69, 9.17) is 11.6 Å². The molecule has 1 N–H and O–H groups in total. The van der Waals surface area contributed by atoms with Crippen LogP contribution in [0.4, 0.5) is 4.79 Å². The molecule has 3 aromatic rings. The van der Waals surface area contributed by atoms with Crippen LogP contribution in [0.25, 0.3) is 11.8 Å². The number of rotatable bonds is 4. The third-order valence-electron chi connectivity index (χ3n) is 4.32. The predicted octanol–water partition coefficient (Wildman–Crippen LogP) is 4.22. The van der Waals surface area contributed by atoms with Crippen LogP contribution in [0.5, 0.6) is 0 Å². The lowest BCUT2D eigenvalue weighted by atomic mass is 10.2. The monoisotopic (exact) mass is 377 g/mol. The molecule has 2 heterocycles. The lowest BCUT2D eigenvalue weighted by Gasteiger charge is -2.11. The number of amides is 3. The second kappa shape index (κ2) is 7.13. The summed E-state index contributed by atoms with van der Waals surface area (Å²) in [6, 6.07) is 20.2. The van der Waals surface area contributed by atoms with Gasteiger partial charge < -0.3 is 9.88 Å². The molecule has 0 atom stereocenters. The molecule has 1 aliphatic rings. The molecule has 0 saturated carbocycles. The van der Waals surface area contributed by atoms with Gasteiger partial charge in [0, 0.05) is 22.6 Å². The first-order valence-corrected chi connectivity index (χ1v) is 8.81. The largest absolute Gasteiger partial charge is 0.329 e. The Morgan fingerprint density at radius 1 is 0.926 bits per heavy atom. The predicted molar refractivity (Wildman–Crippen MR) is 104 cm³/mol. The number of hydrogen-bond acceptors (Lipinski definition) is 2. The summed E-state index contributed by atoms with van der Waals surface area (Å²) >= 11 is 5.88.